The SMILES string of the molecule is CCOC(=O)Cn1nc(C)c2c1C(F)(F)CCC2=O. The van der Waals surface area contributed by atoms with Crippen molar-refractivity contribution in [1.82, 2.24) is 9.78 Å². The number of aromatic nitrogens is 2. The van der Waals surface area contributed by atoms with Gasteiger partial charge in [0.25, 0.3) is 5.92 Å². The van der Waals surface area contributed by atoms with Gasteiger partial charge in [-0.25, -0.2) is 0 Å². The average Bonchev–Trinajstić information content (AvgIpc) is 2.63. The molecule has 5 nitrogen and oxygen atoms in total. The second-order valence-electron chi connectivity index (χ2n) is 4.40. The quantitative estimate of drug-likeness (QED) is 0.787. The molecule has 0 radical (unpaired) electrons. The van der Waals surface area contributed by atoms with E-state index in [9.17, 15) is 18.4 Å². The summed E-state index contributed by atoms with van der Waals surface area (Å²) in [6, 6.07) is 0. The third-order valence-electron chi connectivity index (χ3n) is 3.00. The third-order valence-corrected chi connectivity index (χ3v) is 3.00. The van der Waals surface area contributed by atoms with Crippen molar-refractivity contribution in [2.45, 2.75) is 39.2 Å². The Morgan fingerprint density at radius 1 is 1.53 bits per heavy atom. The molecule has 0 fully saturated rings. The number of carbonyl (C=O) groups is 2. The maximum absolute atomic E-state index is 13.9. The predicted molar refractivity (Wildman–Crippen MR) is 61.1 cm³/mol. The smallest absolute Gasteiger partial charge is 0.327 e. The van der Waals surface area contributed by atoms with Crippen LogP contribution >= 0.6 is 0 Å². The number of halogens is 2. The molecule has 1 aromatic rings. The zero-order valence-corrected chi connectivity index (χ0v) is 10.7. The minimum atomic E-state index is -3.14. The maximum Gasteiger partial charge on any atom is 0.327 e. The van der Waals surface area contributed by atoms with Crippen LogP contribution in [0.4, 0.5) is 8.78 Å². The summed E-state index contributed by atoms with van der Waals surface area (Å²) in [4.78, 5) is 23.1. The lowest BCUT2D eigenvalue weighted by molar-refractivity contribution is -0.144. The number of nitrogens with zero attached hydrogens (tertiary/aromatic N) is 2. The number of rotatable bonds is 3. The van der Waals surface area contributed by atoms with Gasteiger partial charge in [-0.3, -0.25) is 14.3 Å². The van der Waals surface area contributed by atoms with Crippen molar-refractivity contribution in [2.24, 2.45) is 0 Å². The number of hydrogen-bond acceptors (Lipinski definition) is 4. The van der Waals surface area contributed by atoms with Gasteiger partial charge in [0, 0.05) is 12.8 Å². The molecule has 0 saturated carbocycles. The summed E-state index contributed by atoms with van der Waals surface area (Å²) in [6.07, 6.45) is -0.751. The van der Waals surface area contributed by atoms with Crippen LogP contribution in [0.5, 0.6) is 0 Å². The van der Waals surface area contributed by atoms with Gasteiger partial charge in [-0.1, -0.05) is 0 Å². The lowest BCUT2D eigenvalue weighted by Gasteiger charge is -2.22. The van der Waals surface area contributed by atoms with E-state index in [2.05, 4.69) is 5.10 Å². The minimum absolute atomic E-state index is 0.0550. The van der Waals surface area contributed by atoms with Crippen LogP contribution in [-0.4, -0.2) is 28.1 Å². The van der Waals surface area contributed by atoms with Crippen molar-refractivity contribution in [3.8, 4) is 0 Å². The number of esters is 1. The van der Waals surface area contributed by atoms with E-state index in [-0.39, 0.29) is 30.1 Å². The van der Waals surface area contributed by atoms with Crippen molar-refractivity contribution < 1.29 is 23.1 Å². The summed E-state index contributed by atoms with van der Waals surface area (Å²) in [6.45, 7) is 2.86. The summed E-state index contributed by atoms with van der Waals surface area (Å²) in [5.74, 6) is -4.15. The molecule has 1 aliphatic carbocycles. The molecule has 2 rings (SSSR count). The van der Waals surface area contributed by atoms with E-state index in [1.54, 1.807) is 6.92 Å². The number of alkyl halides is 2. The van der Waals surface area contributed by atoms with Gasteiger partial charge in [-0.05, 0) is 13.8 Å². The number of Topliss-reactive ketones (excluding diaryl/α,β-unsaturated/α-hetero) is 1. The molecule has 0 saturated heterocycles. The van der Waals surface area contributed by atoms with Gasteiger partial charge in [0.1, 0.15) is 12.2 Å². The van der Waals surface area contributed by atoms with Crippen LogP contribution in [0.25, 0.3) is 0 Å². The van der Waals surface area contributed by atoms with Gasteiger partial charge in [0.15, 0.2) is 5.78 Å². The first-order valence-corrected chi connectivity index (χ1v) is 6.01. The first-order chi connectivity index (χ1) is 8.86. The Morgan fingerprint density at radius 2 is 2.21 bits per heavy atom. The Bertz CT molecular complexity index is 537. The molecule has 1 aromatic heterocycles. The molecule has 104 valence electrons. The molecule has 0 spiro atoms. The Balaban J connectivity index is 2.44. The predicted octanol–water partition coefficient (Wildman–Crippen LogP) is 1.82. The Labute approximate surface area is 108 Å². The van der Waals surface area contributed by atoms with Gasteiger partial charge in [0.05, 0.1) is 17.9 Å². The van der Waals surface area contributed by atoms with E-state index in [0.29, 0.717) is 0 Å². The minimum Gasteiger partial charge on any atom is -0.465 e. The molecule has 1 heterocycles. The fourth-order valence-corrected chi connectivity index (χ4v) is 2.24. The van der Waals surface area contributed by atoms with E-state index in [0.717, 1.165) is 4.68 Å². The second-order valence-corrected chi connectivity index (χ2v) is 4.40. The first kappa shape index (κ1) is 13.6. The summed E-state index contributed by atoms with van der Waals surface area (Å²) < 4.78 is 33.4. The van der Waals surface area contributed by atoms with Gasteiger partial charge < -0.3 is 4.74 Å². The molecule has 0 N–H and O–H groups in total. The van der Waals surface area contributed by atoms with Gasteiger partial charge >= 0.3 is 5.97 Å². The molecule has 0 aliphatic heterocycles. The number of aryl methyl sites for hydroxylation is 1. The third kappa shape index (κ3) is 2.36. The van der Waals surface area contributed by atoms with Gasteiger partial charge in [-0.2, -0.15) is 13.9 Å². The molecule has 1 aliphatic rings. The summed E-state index contributed by atoms with van der Waals surface area (Å²) in [7, 11) is 0. The summed E-state index contributed by atoms with van der Waals surface area (Å²) in [5, 5.41) is 3.88. The normalized spacial score (nSPS) is 17.2. The summed E-state index contributed by atoms with van der Waals surface area (Å²) in [5.41, 5.74) is -0.293. The lowest BCUT2D eigenvalue weighted by Crippen LogP contribution is -2.29. The van der Waals surface area contributed by atoms with Crippen LogP contribution in [0.3, 0.4) is 0 Å². The molecule has 0 amide bonds. The van der Waals surface area contributed by atoms with Crippen LogP contribution in [0.1, 0.15) is 41.5 Å². The van der Waals surface area contributed by atoms with E-state index in [4.69, 9.17) is 4.74 Å². The van der Waals surface area contributed by atoms with Crippen molar-refractivity contribution in [3.05, 3.63) is 17.0 Å². The topological polar surface area (TPSA) is 61.2 Å². The molecule has 0 aromatic carbocycles. The van der Waals surface area contributed by atoms with Crippen LogP contribution in [0.15, 0.2) is 0 Å². The van der Waals surface area contributed by atoms with Crippen molar-refractivity contribution in [1.29, 1.82) is 0 Å². The largest absolute Gasteiger partial charge is 0.465 e. The summed E-state index contributed by atoms with van der Waals surface area (Å²) >= 11 is 0. The zero-order valence-electron chi connectivity index (χ0n) is 10.7. The Morgan fingerprint density at radius 3 is 2.84 bits per heavy atom. The molecule has 7 heteroatoms. The Kier molecular flexibility index (Phi) is 3.38. The van der Waals surface area contributed by atoms with Crippen molar-refractivity contribution in [2.75, 3.05) is 6.61 Å². The van der Waals surface area contributed by atoms with Gasteiger partial charge in [-0.15, -0.1) is 0 Å². The lowest BCUT2D eigenvalue weighted by atomic mass is 9.91. The Hall–Kier alpha value is -1.79. The van der Waals surface area contributed by atoms with E-state index >= 15 is 0 Å². The zero-order chi connectivity index (χ0) is 14.2. The fraction of sp³-hybridized carbons (Fsp3) is 0.583. The molecular weight excluding hydrogens is 258 g/mol. The van der Waals surface area contributed by atoms with Gasteiger partial charge in [0.2, 0.25) is 0 Å². The number of carbonyl (C=O) groups excluding carboxylic acids is 2. The van der Waals surface area contributed by atoms with E-state index in [1.807, 2.05) is 0 Å². The highest BCUT2D eigenvalue weighted by Crippen LogP contribution is 2.41. The number of fused-ring (bicyclic) bond motifs is 1. The monoisotopic (exact) mass is 272 g/mol. The molecule has 0 bridgehead atoms. The maximum atomic E-state index is 13.9. The molecule has 19 heavy (non-hydrogen) atoms. The van der Waals surface area contributed by atoms with Crippen molar-refractivity contribution in [3.63, 3.8) is 0 Å². The number of hydrogen-bond donors (Lipinski definition) is 0. The van der Waals surface area contributed by atoms with Crippen molar-refractivity contribution >= 4 is 11.8 Å². The number of ketones is 1. The first-order valence-electron chi connectivity index (χ1n) is 6.01. The van der Waals surface area contributed by atoms with Crippen LogP contribution in [0, 0.1) is 6.92 Å². The highest BCUT2D eigenvalue weighted by Gasteiger charge is 2.45. The standard InChI is InChI=1S/C12H14F2N2O3/c1-3-19-9(18)6-16-11-10(7(2)15-16)8(17)4-5-12(11,13)14/h3-6H2,1-2H3. The highest BCUT2D eigenvalue weighted by atomic mass is 19.3. The van der Waals surface area contributed by atoms with Crippen LogP contribution < -0.4 is 0 Å². The van der Waals surface area contributed by atoms with Crippen LogP contribution in [-0.2, 0) is 22.0 Å². The molecule has 0 unspecified atom stereocenters. The number of ether oxygens (including phenoxy) is 1. The molecular formula is C12H14F2N2O3. The second kappa shape index (κ2) is 4.71. The van der Waals surface area contributed by atoms with E-state index < -0.39 is 30.6 Å². The fourth-order valence-electron chi connectivity index (χ4n) is 2.24. The average molecular weight is 272 g/mol. The van der Waals surface area contributed by atoms with Crippen LogP contribution in [0.2, 0.25) is 0 Å². The molecule has 0 atom stereocenters. The highest BCUT2D eigenvalue weighted by molar-refractivity contribution is 5.99. The van der Waals surface area contributed by atoms with E-state index in [1.165, 1.54) is 6.92 Å².